The minimum atomic E-state index is 0.514. The van der Waals surface area contributed by atoms with Crippen molar-refractivity contribution in [3.05, 3.63) is 96.1 Å². The molecule has 2 heteroatoms. The molecule has 0 nitrogen and oxygen atoms in total. The van der Waals surface area contributed by atoms with Gasteiger partial charge in [0.15, 0.2) is 0 Å². The zero-order valence-corrected chi connectivity index (χ0v) is 14.4. The number of thioether (sulfide) groups is 2. The maximum absolute atomic E-state index is 2.30. The monoisotopic (exact) mass is 334 g/mol. The Balaban J connectivity index is 1.67. The van der Waals surface area contributed by atoms with Crippen LogP contribution in [0.2, 0.25) is 0 Å². The van der Waals surface area contributed by atoms with Gasteiger partial charge in [-0.15, -0.1) is 23.5 Å². The molecule has 3 aromatic carbocycles. The maximum Gasteiger partial charge on any atom is 0.0369 e. The number of fused-ring (bicyclic) bond motifs is 1. The molecule has 1 heterocycles. The lowest BCUT2D eigenvalue weighted by Crippen LogP contribution is -2.08. The minimum absolute atomic E-state index is 0.514. The zero-order valence-electron chi connectivity index (χ0n) is 12.8. The second kappa shape index (κ2) is 6.86. The van der Waals surface area contributed by atoms with Crippen LogP contribution in [-0.2, 0) is 0 Å². The molecule has 0 unspecified atom stereocenters. The third-order valence-corrected chi connectivity index (χ3v) is 6.81. The molecule has 114 valence electrons. The molecule has 1 aliphatic rings. The third kappa shape index (κ3) is 3.34. The first-order valence-electron chi connectivity index (χ1n) is 7.92. The number of rotatable bonds is 3. The lowest BCUT2D eigenvalue weighted by Gasteiger charge is -2.31. The fourth-order valence-corrected chi connectivity index (χ4v) is 5.88. The predicted octanol–water partition coefficient (Wildman–Crippen LogP) is 6.76. The van der Waals surface area contributed by atoms with Crippen molar-refractivity contribution in [3.63, 3.8) is 0 Å². The van der Waals surface area contributed by atoms with Crippen LogP contribution in [0, 0.1) is 0 Å². The van der Waals surface area contributed by atoms with E-state index in [1.807, 2.05) is 23.5 Å². The van der Waals surface area contributed by atoms with Gasteiger partial charge in [0.2, 0.25) is 0 Å². The Labute approximate surface area is 146 Å². The van der Waals surface area contributed by atoms with Crippen molar-refractivity contribution >= 4 is 23.5 Å². The lowest BCUT2D eigenvalue weighted by molar-refractivity contribution is 0.755. The van der Waals surface area contributed by atoms with Gasteiger partial charge in [-0.05, 0) is 35.7 Å². The Kier molecular flexibility index (Phi) is 4.45. The van der Waals surface area contributed by atoms with Gasteiger partial charge in [-0.2, -0.15) is 0 Å². The first-order chi connectivity index (χ1) is 11.4. The zero-order chi connectivity index (χ0) is 15.5. The Bertz CT molecular complexity index is 768. The van der Waals surface area contributed by atoms with Crippen molar-refractivity contribution in [1.29, 1.82) is 0 Å². The average Bonchev–Trinajstić information content (AvgIpc) is 2.63. The summed E-state index contributed by atoms with van der Waals surface area (Å²) in [6, 6.07) is 30.6. The topological polar surface area (TPSA) is 0 Å². The van der Waals surface area contributed by atoms with Gasteiger partial charge in [-0.3, -0.25) is 0 Å². The van der Waals surface area contributed by atoms with E-state index in [0.29, 0.717) is 10.5 Å². The molecule has 0 saturated heterocycles. The van der Waals surface area contributed by atoms with Crippen LogP contribution < -0.4 is 0 Å². The van der Waals surface area contributed by atoms with Gasteiger partial charge < -0.3 is 0 Å². The van der Waals surface area contributed by atoms with E-state index in [1.54, 1.807) is 0 Å². The summed E-state index contributed by atoms with van der Waals surface area (Å²) in [5, 5.41) is 1.05. The molecule has 0 N–H and O–H groups in total. The highest BCUT2D eigenvalue weighted by molar-refractivity contribution is 8.01. The first-order valence-corrected chi connectivity index (χ1v) is 9.68. The van der Waals surface area contributed by atoms with Crippen molar-refractivity contribution in [2.75, 3.05) is 0 Å². The predicted molar refractivity (Wildman–Crippen MR) is 101 cm³/mol. The Morgan fingerprint density at radius 1 is 0.739 bits per heavy atom. The molecule has 0 radical (unpaired) electrons. The summed E-state index contributed by atoms with van der Waals surface area (Å²) in [6.07, 6.45) is 1.17. The molecule has 0 bridgehead atoms. The third-order valence-electron chi connectivity index (χ3n) is 4.16. The molecule has 3 aromatic rings. The standard InChI is InChI=1S/C21H18S2/c1-3-9-16(10-4-1)20-15-21(22-17-11-5-2-6-12-17)18-13-7-8-14-19(18)23-20/h1-14,20-21H,15H2/t20-,21+/m1/s1. The Morgan fingerprint density at radius 3 is 2.17 bits per heavy atom. The second-order valence-corrected chi connectivity index (χ2v) is 8.23. The SMILES string of the molecule is c1ccc(S[C@H]2C[C@H](c3ccccc3)Sc3ccccc32)cc1. The quantitative estimate of drug-likeness (QED) is 0.519. The summed E-state index contributed by atoms with van der Waals surface area (Å²) >= 11 is 4.00. The molecular formula is C21H18S2. The summed E-state index contributed by atoms with van der Waals surface area (Å²) in [7, 11) is 0. The molecule has 0 aromatic heterocycles. The van der Waals surface area contributed by atoms with Gasteiger partial charge in [0.1, 0.15) is 0 Å². The highest BCUT2D eigenvalue weighted by Crippen LogP contribution is 2.54. The number of hydrogen-bond acceptors (Lipinski definition) is 2. The van der Waals surface area contributed by atoms with Crippen LogP contribution >= 0.6 is 23.5 Å². The molecule has 4 rings (SSSR count). The van der Waals surface area contributed by atoms with E-state index in [-0.39, 0.29) is 0 Å². The fourth-order valence-electron chi connectivity index (χ4n) is 3.02. The lowest BCUT2D eigenvalue weighted by atomic mass is 10.0. The average molecular weight is 335 g/mol. The van der Waals surface area contributed by atoms with Gasteiger partial charge in [-0.1, -0.05) is 66.7 Å². The summed E-state index contributed by atoms with van der Waals surface area (Å²) < 4.78 is 0. The molecule has 0 saturated carbocycles. The van der Waals surface area contributed by atoms with E-state index in [0.717, 1.165) is 0 Å². The summed E-state index contributed by atoms with van der Waals surface area (Å²) in [6.45, 7) is 0. The van der Waals surface area contributed by atoms with E-state index in [9.17, 15) is 0 Å². The highest BCUT2D eigenvalue weighted by atomic mass is 32.2. The van der Waals surface area contributed by atoms with Crippen molar-refractivity contribution in [1.82, 2.24) is 0 Å². The minimum Gasteiger partial charge on any atom is -0.118 e. The van der Waals surface area contributed by atoms with Crippen molar-refractivity contribution in [2.24, 2.45) is 0 Å². The molecule has 0 spiro atoms. The van der Waals surface area contributed by atoms with Crippen LogP contribution in [-0.4, -0.2) is 0 Å². The molecule has 23 heavy (non-hydrogen) atoms. The van der Waals surface area contributed by atoms with Gasteiger partial charge in [0.25, 0.3) is 0 Å². The Morgan fingerprint density at radius 2 is 1.39 bits per heavy atom. The normalized spacial score (nSPS) is 20.0. The summed E-state index contributed by atoms with van der Waals surface area (Å²) in [5.74, 6) is 0. The largest absolute Gasteiger partial charge is 0.118 e. The molecule has 0 amide bonds. The van der Waals surface area contributed by atoms with Gasteiger partial charge >= 0.3 is 0 Å². The first kappa shape index (κ1) is 14.9. The number of hydrogen-bond donors (Lipinski definition) is 0. The van der Waals surface area contributed by atoms with Crippen LogP contribution in [0.5, 0.6) is 0 Å². The molecular weight excluding hydrogens is 316 g/mol. The smallest absolute Gasteiger partial charge is 0.0369 e. The van der Waals surface area contributed by atoms with E-state index in [2.05, 4.69) is 84.9 Å². The molecule has 0 fully saturated rings. The van der Waals surface area contributed by atoms with Crippen LogP contribution in [0.1, 0.15) is 28.0 Å². The van der Waals surface area contributed by atoms with Crippen LogP contribution in [0.3, 0.4) is 0 Å². The summed E-state index contributed by atoms with van der Waals surface area (Å²) in [4.78, 5) is 2.78. The van der Waals surface area contributed by atoms with Crippen LogP contribution in [0.15, 0.2) is 94.7 Å². The molecule has 2 atom stereocenters. The second-order valence-electron chi connectivity index (χ2n) is 5.71. The fraction of sp³-hybridized carbons (Fsp3) is 0.143. The van der Waals surface area contributed by atoms with E-state index < -0.39 is 0 Å². The van der Waals surface area contributed by atoms with Gasteiger partial charge in [0, 0.05) is 20.3 Å². The van der Waals surface area contributed by atoms with Crippen molar-refractivity contribution in [3.8, 4) is 0 Å². The Hall–Kier alpha value is -1.64. The highest BCUT2D eigenvalue weighted by Gasteiger charge is 2.28. The summed E-state index contributed by atoms with van der Waals surface area (Å²) in [5.41, 5.74) is 2.92. The molecule has 0 aliphatic carbocycles. The van der Waals surface area contributed by atoms with E-state index in [1.165, 1.54) is 27.3 Å². The van der Waals surface area contributed by atoms with Crippen molar-refractivity contribution < 1.29 is 0 Å². The van der Waals surface area contributed by atoms with E-state index >= 15 is 0 Å². The van der Waals surface area contributed by atoms with E-state index in [4.69, 9.17) is 0 Å². The van der Waals surface area contributed by atoms with Gasteiger partial charge in [0.05, 0.1) is 0 Å². The van der Waals surface area contributed by atoms with Crippen LogP contribution in [0.4, 0.5) is 0 Å². The molecule has 1 aliphatic heterocycles. The van der Waals surface area contributed by atoms with Crippen LogP contribution in [0.25, 0.3) is 0 Å². The van der Waals surface area contributed by atoms with Crippen molar-refractivity contribution in [2.45, 2.75) is 26.7 Å². The number of benzene rings is 3. The maximum atomic E-state index is 2.30. The van der Waals surface area contributed by atoms with Gasteiger partial charge in [-0.25, -0.2) is 0 Å².